The van der Waals surface area contributed by atoms with E-state index in [-0.39, 0.29) is 10.1 Å². The smallest absolute Gasteiger partial charge is 0.331 e. The third-order valence-corrected chi connectivity index (χ3v) is 5.47. The number of amidine groups is 1. The van der Waals surface area contributed by atoms with Crippen LogP contribution in [-0.2, 0) is 20.9 Å². The van der Waals surface area contributed by atoms with Crippen LogP contribution in [0, 0.1) is 0 Å². The van der Waals surface area contributed by atoms with E-state index in [0.717, 1.165) is 34.4 Å². The molecule has 1 aliphatic rings. The van der Waals surface area contributed by atoms with Gasteiger partial charge in [-0.1, -0.05) is 48.5 Å². The van der Waals surface area contributed by atoms with Gasteiger partial charge in [0.25, 0.3) is 5.91 Å². The minimum atomic E-state index is -0.607. The van der Waals surface area contributed by atoms with Crippen molar-refractivity contribution in [2.75, 3.05) is 7.11 Å². The van der Waals surface area contributed by atoms with Crippen molar-refractivity contribution in [3.8, 4) is 5.75 Å². The number of hydrogen-bond donors (Lipinski definition) is 1. The van der Waals surface area contributed by atoms with Crippen LogP contribution in [0.2, 0.25) is 0 Å². The first kappa shape index (κ1) is 21.3. The number of carbonyl (C=O) groups is 2. The highest BCUT2D eigenvalue weighted by Gasteiger charge is 2.25. The van der Waals surface area contributed by atoms with E-state index in [1.54, 1.807) is 6.21 Å². The molecule has 0 aromatic heterocycles. The molecule has 160 valence electrons. The minimum absolute atomic E-state index is 0.199. The topological polar surface area (TPSA) is 89.3 Å². The van der Waals surface area contributed by atoms with Crippen LogP contribution in [0.25, 0.3) is 10.8 Å². The van der Waals surface area contributed by atoms with Crippen molar-refractivity contribution in [2.24, 2.45) is 10.2 Å². The van der Waals surface area contributed by atoms with E-state index >= 15 is 0 Å². The number of carbonyl (C=O) groups excluding carboxylic acids is 2. The molecule has 3 aromatic carbocycles. The van der Waals surface area contributed by atoms with Gasteiger partial charge in [0.2, 0.25) is 0 Å². The van der Waals surface area contributed by atoms with E-state index < -0.39 is 11.9 Å². The first-order valence-corrected chi connectivity index (χ1v) is 10.5. The summed E-state index contributed by atoms with van der Waals surface area (Å²) in [5, 5.41) is 13.2. The van der Waals surface area contributed by atoms with Crippen LogP contribution >= 0.6 is 11.8 Å². The fraction of sp³-hybridized carbons (Fsp3) is 0.0833. The van der Waals surface area contributed by atoms with Crippen molar-refractivity contribution >= 4 is 45.8 Å². The Kier molecular flexibility index (Phi) is 6.62. The number of nitrogens with one attached hydrogen (secondary N) is 1. The van der Waals surface area contributed by atoms with E-state index in [1.807, 2.05) is 42.5 Å². The van der Waals surface area contributed by atoms with Crippen LogP contribution < -0.4 is 10.1 Å². The zero-order valence-corrected chi connectivity index (χ0v) is 18.0. The van der Waals surface area contributed by atoms with Gasteiger partial charge >= 0.3 is 5.97 Å². The van der Waals surface area contributed by atoms with Gasteiger partial charge in [0, 0.05) is 11.6 Å². The Bertz CT molecular complexity index is 1270. The van der Waals surface area contributed by atoms with Crippen LogP contribution in [0.1, 0.15) is 11.1 Å². The molecular formula is C24H19N3O4S. The zero-order valence-electron chi connectivity index (χ0n) is 17.1. The van der Waals surface area contributed by atoms with Gasteiger partial charge in [0.1, 0.15) is 12.4 Å². The van der Waals surface area contributed by atoms with Gasteiger partial charge in [0.05, 0.1) is 18.2 Å². The number of thioether (sulfide) groups is 1. The van der Waals surface area contributed by atoms with Gasteiger partial charge in [-0.2, -0.15) is 5.10 Å². The van der Waals surface area contributed by atoms with Crippen LogP contribution in [-0.4, -0.2) is 30.4 Å². The second-order valence-electron chi connectivity index (χ2n) is 6.75. The molecule has 0 atom stereocenters. The summed E-state index contributed by atoms with van der Waals surface area (Å²) in [6.45, 7) is 0.414. The first-order valence-electron chi connectivity index (χ1n) is 9.72. The minimum Gasteiger partial charge on any atom is -0.488 e. The Morgan fingerprint density at radius 3 is 2.69 bits per heavy atom. The van der Waals surface area contributed by atoms with Gasteiger partial charge in [0.15, 0.2) is 5.17 Å². The summed E-state index contributed by atoms with van der Waals surface area (Å²) in [6.07, 6.45) is 2.67. The number of esters is 1. The Morgan fingerprint density at radius 2 is 1.84 bits per heavy atom. The summed E-state index contributed by atoms with van der Waals surface area (Å²) in [7, 11) is 1.25. The lowest BCUT2D eigenvalue weighted by atomic mass is 10.1. The molecule has 1 amide bonds. The van der Waals surface area contributed by atoms with Crippen LogP contribution in [0.4, 0.5) is 0 Å². The largest absolute Gasteiger partial charge is 0.488 e. The summed E-state index contributed by atoms with van der Waals surface area (Å²) >= 11 is 1.01. The van der Waals surface area contributed by atoms with Crippen molar-refractivity contribution < 1.29 is 19.1 Å². The highest BCUT2D eigenvalue weighted by molar-refractivity contribution is 8.18. The predicted octanol–water partition coefficient (Wildman–Crippen LogP) is 4.03. The number of nitrogens with zero attached hydrogens (tertiary/aromatic N) is 2. The highest BCUT2D eigenvalue weighted by Crippen LogP contribution is 2.24. The second kappa shape index (κ2) is 9.93. The molecule has 0 radical (unpaired) electrons. The molecule has 3 aromatic rings. The van der Waals surface area contributed by atoms with Crippen molar-refractivity contribution in [1.82, 2.24) is 5.32 Å². The molecule has 4 rings (SSSR count). The number of hydrogen-bond acceptors (Lipinski definition) is 7. The van der Waals surface area contributed by atoms with E-state index in [9.17, 15) is 9.59 Å². The third kappa shape index (κ3) is 5.22. The Balaban J connectivity index is 1.43. The maximum absolute atomic E-state index is 11.9. The Labute approximate surface area is 188 Å². The number of benzene rings is 3. The van der Waals surface area contributed by atoms with Crippen molar-refractivity contribution in [3.05, 3.63) is 88.8 Å². The second-order valence-corrected chi connectivity index (χ2v) is 7.78. The molecule has 7 nitrogen and oxygen atoms in total. The van der Waals surface area contributed by atoms with Gasteiger partial charge in [-0.25, -0.2) is 4.79 Å². The summed E-state index contributed by atoms with van der Waals surface area (Å²) in [6, 6.07) is 21.9. The van der Waals surface area contributed by atoms with Gasteiger partial charge in [-0.15, -0.1) is 5.10 Å². The summed E-state index contributed by atoms with van der Waals surface area (Å²) in [5.41, 5.74) is 1.81. The van der Waals surface area contributed by atoms with E-state index in [4.69, 9.17) is 4.74 Å². The average Bonchev–Trinajstić information content (AvgIpc) is 3.16. The molecule has 1 saturated heterocycles. The molecule has 1 N–H and O–H groups in total. The maximum Gasteiger partial charge on any atom is 0.331 e. The average molecular weight is 446 g/mol. The van der Waals surface area contributed by atoms with Gasteiger partial charge in [-0.3, -0.25) is 10.1 Å². The van der Waals surface area contributed by atoms with Crippen LogP contribution in [0.3, 0.4) is 0 Å². The van der Waals surface area contributed by atoms with Crippen LogP contribution in [0.15, 0.2) is 87.9 Å². The maximum atomic E-state index is 11.9. The molecule has 1 fully saturated rings. The van der Waals surface area contributed by atoms with Crippen LogP contribution in [0.5, 0.6) is 5.75 Å². The summed E-state index contributed by atoms with van der Waals surface area (Å²) < 4.78 is 10.5. The Morgan fingerprint density at radius 1 is 1.06 bits per heavy atom. The number of rotatable bonds is 6. The quantitative estimate of drug-likeness (QED) is 0.268. The van der Waals surface area contributed by atoms with Crippen molar-refractivity contribution in [2.45, 2.75) is 6.61 Å². The SMILES string of the molecule is COC(=O)/C=C1/S/C(=N\N=Cc2ccccc2OCc2ccc3ccccc3c2)NC1=O. The lowest BCUT2D eigenvalue weighted by molar-refractivity contribution is -0.135. The van der Waals surface area contributed by atoms with Gasteiger partial charge in [-0.05, 0) is 46.3 Å². The van der Waals surface area contributed by atoms with Crippen molar-refractivity contribution in [3.63, 3.8) is 0 Å². The molecular weight excluding hydrogens is 426 g/mol. The van der Waals surface area contributed by atoms with E-state index in [2.05, 4.69) is 44.5 Å². The highest BCUT2D eigenvalue weighted by atomic mass is 32.2. The predicted molar refractivity (Wildman–Crippen MR) is 126 cm³/mol. The number of amides is 1. The molecule has 0 spiro atoms. The standard InChI is InChI=1S/C24H19N3O4S/c1-30-22(28)13-21-23(29)26-24(32-21)27-25-14-19-8-4-5-9-20(19)31-15-16-10-11-17-6-2-3-7-18(17)12-16/h2-14H,15H2,1H3,(H,26,27,29)/b21-13+,25-14?. The molecule has 0 aliphatic carbocycles. The molecule has 0 bridgehead atoms. The fourth-order valence-electron chi connectivity index (χ4n) is 2.99. The molecule has 32 heavy (non-hydrogen) atoms. The lowest BCUT2D eigenvalue weighted by Crippen LogP contribution is -2.19. The lowest BCUT2D eigenvalue weighted by Gasteiger charge is -2.09. The molecule has 8 heteroatoms. The normalized spacial score (nSPS) is 16.1. The summed E-state index contributed by atoms with van der Waals surface area (Å²) in [5.74, 6) is -0.364. The van der Waals surface area contributed by atoms with E-state index in [1.165, 1.54) is 12.5 Å². The Hall–Kier alpha value is -3.91. The van der Waals surface area contributed by atoms with Gasteiger partial charge < -0.3 is 9.47 Å². The molecule has 1 aliphatic heterocycles. The molecule has 0 unspecified atom stereocenters. The number of ether oxygens (including phenoxy) is 2. The molecule has 1 heterocycles. The van der Waals surface area contributed by atoms with Crippen molar-refractivity contribution in [1.29, 1.82) is 0 Å². The number of para-hydroxylation sites is 1. The van der Waals surface area contributed by atoms with E-state index in [0.29, 0.717) is 12.4 Å². The molecule has 0 saturated carbocycles. The number of fused-ring (bicyclic) bond motifs is 1. The summed E-state index contributed by atoms with van der Waals surface area (Å²) in [4.78, 5) is 23.4. The zero-order chi connectivity index (χ0) is 22.3. The number of methoxy groups -OCH3 is 1. The first-order chi connectivity index (χ1) is 15.6. The monoisotopic (exact) mass is 445 g/mol. The third-order valence-electron chi connectivity index (χ3n) is 4.57. The fourth-order valence-corrected chi connectivity index (χ4v) is 3.73.